The minimum Gasteiger partial charge on any atom is -0.323 e. The van der Waals surface area contributed by atoms with Gasteiger partial charge in [0.15, 0.2) is 5.16 Å². The zero-order valence-corrected chi connectivity index (χ0v) is 16.3. The summed E-state index contributed by atoms with van der Waals surface area (Å²) in [6.07, 6.45) is 1.89. The van der Waals surface area contributed by atoms with Crippen molar-refractivity contribution in [2.75, 3.05) is 22.5 Å². The smallest absolute Gasteiger partial charge is 0.262 e. The summed E-state index contributed by atoms with van der Waals surface area (Å²) < 4.78 is 1.72. The first-order valence-corrected chi connectivity index (χ1v) is 10.4. The molecule has 29 heavy (non-hydrogen) atoms. The number of thioether (sulfide) groups is 1. The normalized spacial score (nSPS) is 15.9. The lowest BCUT2D eigenvalue weighted by atomic mass is 10.2. The van der Waals surface area contributed by atoms with Crippen molar-refractivity contribution < 1.29 is 9.59 Å². The molecular formula is C21H18N4O3S. The Morgan fingerprint density at radius 1 is 1.10 bits per heavy atom. The van der Waals surface area contributed by atoms with Crippen LogP contribution in [0.25, 0.3) is 10.9 Å². The number of nitrogens with one attached hydrogen (secondary N) is 1. The van der Waals surface area contributed by atoms with E-state index in [0.29, 0.717) is 27.4 Å². The zero-order valence-electron chi connectivity index (χ0n) is 15.5. The second kappa shape index (κ2) is 7.04. The summed E-state index contributed by atoms with van der Waals surface area (Å²) in [5, 5.41) is 3.93. The summed E-state index contributed by atoms with van der Waals surface area (Å²) in [5.41, 5.74) is 1.88. The minimum atomic E-state index is -0.222. The van der Waals surface area contributed by atoms with Crippen LogP contribution in [-0.4, -0.2) is 33.7 Å². The quantitative estimate of drug-likeness (QED) is 0.532. The molecule has 0 atom stereocenters. The Labute approximate surface area is 170 Å². The molecule has 0 unspecified atom stereocenters. The molecule has 0 radical (unpaired) electrons. The van der Waals surface area contributed by atoms with Crippen molar-refractivity contribution in [2.24, 2.45) is 0 Å². The van der Waals surface area contributed by atoms with Gasteiger partial charge in [-0.05, 0) is 37.1 Å². The fraction of sp³-hybridized carbons (Fsp3) is 0.238. The third-order valence-electron chi connectivity index (χ3n) is 5.08. The number of anilines is 2. The second-order valence-corrected chi connectivity index (χ2v) is 8.09. The summed E-state index contributed by atoms with van der Waals surface area (Å²) in [7, 11) is 0. The van der Waals surface area contributed by atoms with E-state index in [2.05, 4.69) is 10.3 Å². The topological polar surface area (TPSA) is 84.3 Å². The SMILES string of the molecule is O=C1CN(C(=O)CSc2nc3ccccc3c(=O)n2C2CC2)c2ccccc2N1. The number of carbonyl (C=O) groups excluding carboxylic acids is 2. The lowest BCUT2D eigenvalue weighted by Crippen LogP contribution is -2.43. The summed E-state index contributed by atoms with van der Waals surface area (Å²) in [4.78, 5) is 44.0. The van der Waals surface area contributed by atoms with Crippen molar-refractivity contribution in [3.05, 3.63) is 58.9 Å². The maximum atomic E-state index is 12.9. The molecule has 0 bridgehead atoms. The Balaban J connectivity index is 1.44. The Bertz CT molecular complexity index is 1200. The fourth-order valence-electron chi connectivity index (χ4n) is 3.54. The van der Waals surface area contributed by atoms with E-state index in [1.165, 1.54) is 16.7 Å². The Morgan fingerprint density at radius 2 is 1.86 bits per heavy atom. The van der Waals surface area contributed by atoms with Gasteiger partial charge in [-0.1, -0.05) is 36.0 Å². The molecule has 1 aliphatic carbocycles. The summed E-state index contributed by atoms with van der Waals surface area (Å²) in [5.74, 6) is -0.318. The standard InChI is InChI=1S/C21H18N4O3S/c26-18-11-24(17-8-4-3-7-16(17)22-18)19(27)12-29-21-23-15-6-2-1-5-14(15)20(28)25(21)13-9-10-13/h1-8,13H,9-12H2,(H,22,26). The van der Waals surface area contributed by atoms with Crippen LogP contribution in [0.1, 0.15) is 18.9 Å². The van der Waals surface area contributed by atoms with Gasteiger partial charge in [-0.2, -0.15) is 0 Å². The van der Waals surface area contributed by atoms with Crippen molar-refractivity contribution in [3.63, 3.8) is 0 Å². The van der Waals surface area contributed by atoms with Crippen LogP contribution in [0.15, 0.2) is 58.5 Å². The predicted octanol–water partition coefficient (Wildman–Crippen LogP) is 2.81. The van der Waals surface area contributed by atoms with Crippen LogP contribution in [0, 0.1) is 0 Å². The van der Waals surface area contributed by atoms with Crippen molar-refractivity contribution in [1.29, 1.82) is 0 Å². The van der Waals surface area contributed by atoms with Gasteiger partial charge >= 0.3 is 0 Å². The molecule has 1 fully saturated rings. The highest BCUT2D eigenvalue weighted by molar-refractivity contribution is 7.99. The number of rotatable bonds is 4. The highest BCUT2D eigenvalue weighted by atomic mass is 32.2. The Morgan fingerprint density at radius 3 is 2.69 bits per heavy atom. The van der Waals surface area contributed by atoms with Crippen LogP contribution in [0.4, 0.5) is 11.4 Å². The largest absolute Gasteiger partial charge is 0.323 e. The van der Waals surface area contributed by atoms with E-state index >= 15 is 0 Å². The fourth-order valence-corrected chi connectivity index (χ4v) is 4.48. The number of hydrogen-bond acceptors (Lipinski definition) is 5. The first-order valence-electron chi connectivity index (χ1n) is 9.45. The number of carbonyl (C=O) groups is 2. The molecule has 5 rings (SSSR count). The summed E-state index contributed by atoms with van der Waals surface area (Å²) in [6.45, 7) is -0.0169. The van der Waals surface area contributed by atoms with E-state index in [1.807, 2.05) is 36.4 Å². The number of aromatic nitrogens is 2. The van der Waals surface area contributed by atoms with Crippen LogP contribution >= 0.6 is 11.8 Å². The molecule has 8 heteroatoms. The van der Waals surface area contributed by atoms with E-state index < -0.39 is 0 Å². The van der Waals surface area contributed by atoms with Crippen molar-refractivity contribution in [1.82, 2.24) is 9.55 Å². The van der Waals surface area contributed by atoms with E-state index in [1.54, 1.807) is 16.7 Å². The first kappa shape index (κ1) is 17.9. The van der Waals surface area contributed by atoms with Gasteiger partial charge in [0.1, 0.15) is 6.54 Å². The number of hydrogen-bond donors (Lipinski definition) is 1. The summed E-state index contributed by atoms with van der Waals surface area (Å²) >= 11 is 1.25. The van der Waals surface area contributed by atoms with Crippen LogP contribution in [0.3, 0.4) is 0 Å². The molecule has 0 spiro atoms. The molecule has 0 saturated heterocycles. The highest BCUT2D eigenvalue weighted by Gasteiger charge is 2.30. The molecule has 1 aromatic heterocycles. The number of para-hydroxylation sites is 3. The summed E-state index contributed by atoms with van der Waals surface area (Å²) in [6, 6.07) is 14.7. The third-order valence-corrected chi connectivity index (χ3v) is 6.02. The van der Waals surface area contributed by atoms with E-state index in [4.69, 9.17) is 0 Å². The molecule has 1 saturated carbocycles. The number of fused-ring (bicyclic) bond motifs is 2. The maximum absolute atomic E-state index is 12.9. The first-order chi connectivity index (χ1) is 14.1. The molecular weight excluding hydrogens is 388 g/mol. The van der Waals surface area contributed by atoms with E-state index in [0.717, 1.165) is 12.8 Å². The maximum Gasteiger partial charge on any atom is 0.262 e. The van der Waals surface area contributed by atoms with Crippen LogP contribution in [-0.2, 0) is 9.59 Å². The van der Waals surface area contributed by atoms with Gasteiger partial charge in [0.25, 0.3) is 5.56 Å². The average molecular weight is 406 g/mol. The van der Waals surface area contributed by atoms with Gasteiger partial charge < -0.3 is 10.2 Å². The minimum absolute atomic E-state index is 0.0169. The number of amides is 2. The average Bonchev–Trinajstić information content (AvgIpc) is 3.56. The Hall–Kier alpha value is -3.13. The van der Waals surface area contributed by atoms with Gasteiger partial charge in [-0.3, -0.25) is 19.0 Å². The molecule has 3 aromatic rings. The molecule has 2 heterocycles. The molecule has 7 nitrogen and oxygen atoms in total. The molecule has 1 N–H and O–H groups in total. The lowest BCUT2D eigenvalue weighted by Gasteiger charge is -2.29. The molecule has 2 amide bonds. The Kier molecular flexibility index (Phi) is 4.35. The lowest BCUT2D eigenvalue weighted by molar-refractivity contribution is -0.120. The zero-order chi connectivity index (χ0) is 20.0. The van der Waals surface area contributed by atoms with Crippen molar-refractivity contribution in [2.45, 2.75) is 24.0 Å². The van der Waals surface area contributed by atoms with Crippen molar-refractivity contribution >= 4 is 45.9 Å². The van der Waals surface area contributed by atoms with E-state index in [-0.39, 0.29) is 35.7 Å². The number of benzene rings is 2. The monoisotopic (exact) mass is 406 g/mol. The van der Waals surface area contributed by atoms with Crippen LogP contribution in [0.5, 0.6) is 0 Å². The second-order valence-electron chi connectivity index (χ2n) is 7.15. The van der Waals surface area contributed by atoms with E-state index in [9.17, 15) is 14.4 Å². The third kappa shape index (κ3) is 3.29. The molecule has 2 aromatic carbocycles. The van der Waals surface area contributed by atoms with Gasteiger partial charge in [-0.25, -0.2) is 4.98 Å². The number of nitrogens with zero attached hydrogens (tertiary/aromatic N) is 3. The predicted molar refractivity (Wildman–Crippen MR) is 112 cm³/mol. The van der Waals surface area contributed by atoms with Crippen LogP contribution < -0.4 is 15.8 Å². The molecule has 146 valence electrons. The van der Waals surface area contributed by atoms with Gasteiger partial charge in [0.2, 0.25) is 11.8 Å². The molecule has 2 aliphatic rings. The van der Waals surface area contributed by atoms with Gasteiger partial charge in [-0.15, -0.1) is 0 Å². The highest BCUT2D eigenvalue weighted by Crippen LogP contribution is 2.37. The van der Waals surface area contributed by atoms with Crippen molar-refractivity contribution in [3.8, 4) is 0 Å². The van der Waals surface area contributed by atoms with Gasteiger partial charge in [0.05, 0.1) is 28.0 Å². The molecule has 1 aliphatic heterocycles. The van der Waals surface area contributed by atoms with Gasteiger partial charge in [0, 0.05) is 6.04 Å². The van der Waals surface area contributed by atoms with Crippen LogP contribution in [0.2, 0.25) is 0 Å².